The summed E-state index contributed by atoms with van der Waals surface area (Å²) in [5.41, 5.74) is -0.292. The van der Waals surface area contributed by atoms with E-state index >= 15 is 0 Å². The van der Waals surface area contributed by atoms with Gasteiger partial charge >= 0.3 is 11.9 Å². The van der Waals surface area contributed by atoms with Crippen LogP contribution in [0.15, 0.2) is 24.3 Å². The Morgan fingerprint density at radius 3 is 2.28 bits per heavy atom. The monoisotopic (exact) mass is 664 g/mol. The van der Waals surface area contributed by atoms with Crippen LogP contribution < -0.4 is 10.1 Å². The molecule has 0 aromatic heterocycles. The zero-order chi connectivity index (χ0) is 34.5. The third kappa shape index (κ3) is 8.41. The number of hydrogen-bond acceptors (Lipinski definition) is 17. The van der Waals surface area contributed by atoms with Crippen LogP contribution in [0.3, 0.4) is 0 Å². The number of nitrogens with zero attached hydrogens (tertiary/aromatic N) is 1. The van der Waals surface area contributed by atoms with Crippen molar-refractivity contribution in [2.24, 2.45) is 0 Å². The average molecular weight is 665 g/mol. The van der Waals surface area contributed by atoms with Crippen molar-refractivity contribution < 1.29 is 83.8 Å². The highest BCUT2D eigenvalue weighted by Crippen LogP contribution is 2.37. The molecule has 20 heteroatoms. The number of nitrogens with one attached hydrogen (secondary N) is 1. The molecule has 20 nitrogen and oxygen atoms in total. The Morgan fingerprint density at radius 2 is 1.76 bits per heavy atom. The minimum atomic E-state index is -3.02. The molecule has 46 heavy (non-hydrogen) atoms. The molecule has 9 N–H and O–H groups in total. The van der Waals surface area contributed by atoms with Gasteiger partial charge in [-0.15, -0.1) is 0 Å². The lowest BCUT2D eigenvalue weighted by atomic mass is 9.88. The normalized spacial score (nSPS) is 33.2. The van der Waals surface area contributed by atoms with E-state index < -0.39 is 115 Å². The fraction of sp³-hybridized carbons (Fsp3) is 0.654. The number of ether oxygens (including phenoxy) is 5. The molecule has 2 heterocycles. The number of carboxylic acids is 1. The number of aliphatic hydroxyl groups excluding tert-OH is 7. The summed E-state index contributed by atoms with van der Waals surface area (Å²) in [6.45, 7) is 0.257. The smallest absolute Gasteiger partial charge is 0.364 e. The van der Waals surface area contributed by atoms with Crippen molar-refractivity contribution in [1.82, 2.24) is 5.32 Å². The van der Waals surface area contributed by atoms with E-state index in [4.69, 9.17) is 18.9 Å². The molecule has 3 rings (SSSR count). The van der Waals surface area contributed by atoms with Crippen LogP contribution in [0, 0.1) is 10.1 Å². The third-order valence-corrected chi connectivity index (χ3v) is 7.18. The van der Waals surface area contributed by atoms with Crippen LogP contribution in [-0.4, -0.2) is 150 Å². The van der Waals surface area contributed by atoms with Crippen molar-refractivity contribution >= 4 is 23.5 Å². The van der Waals surface area contributed by atoms with Crippen molar-refractivity contribution in [2.75, 3.05) is 13.2 Å². The fourth-order valence-electron chi connectivity index (χ4n) is 4.82. The summed E-state index contributed by atoms with van der Waals surface area (Å²) in [4.78, 5) is 46.4. The Kier molecular flexibility index (Phi) is 12.3. The van der Waals surface area contributed by atoms with E-state index in [1.165, 1.54) is 0 Å². The van der Waals surface area contributed by atoms with E-state index in [9.17, 15) is 65.4 Å². The van der Waals surface area contributed by atoms with Gasteiger partial charge in [-0.05, 0) is 19.1 Å². The Morgan fingerprint density at radius 1 is 1.13 bits per heavy atom. The lowest BCUT2D eigenvalue weighted by molar-refractivity contribution is -0.384. The zero-order valence-electron chi connectivity index (χ0n) is 24.4. The first kappa shape index (κ1) is 36.9. The number of amides is 1. The molecular weight excluding hydrogens is 628 g/mol. The number of benzene rings is 1. The Balaban J connectivity index is 1.92. The molecule has 0 bridgehead atoms. The van der Waals surface area contributed by atoms with E-state index in [2.05, 4.69) is 10.1 Å². The first-order valence-corrected chi connectivity index (χ1v) is 13.8. The molecule has 1 aromatic carbocycles. The number of nitro benzene ring substituents is 1. The van der Waals surface area contributed by atoms with Gasteiger partial charge in [-0.3, -0.25) is 14.9 Å². The summed E-state index contributed by atoms with van der Waals surface area (Å²) in [5.74, 6) is -7.00. The average Bonchev–Trinajstić information content (AvgIpc) is 2.99. The molecule has 12 atom stereocenters. The number of aliphatic carboxylic acids is 1. The van der Waals surface area contributed by atoms with Gasteiger partial charge in [0.05, 0.1) is 23.7 Å². The summed E-state index contributed by atoms with van der Waals surface area (Å²) < 4.78 is 26.8. The minimum Gasteiger partial charge on any atom is -0.477 e. The molecular formula is C26H36N2O18. The SMILES string of the molecule is CC(=O)N[C@H]1C([C@H](O)[C@H](O)COC(=O)[C@H](C)O)O[C@@](OC2C(O)[C@H](Oc3ccc([N+](=O)[O-])cc3)OC(CO)[C@@H]2O)(C(=O)O)C[C@H]1O. The second kappa shape index (κ2) is 15.3. The van der Waals surface area contributed by atoms with E-state index in [1.54, 1.807) is 0 Å². The van der Waals surface area contributed by atoms with Crippen LogP contribution in [0.25, 0.3) is 0 Å². The van der Waals surface area contributed by atoms with Crippen molar-refractivity contribution in [1.29, 1.82) is 0 Å². The third-order valence-electron chi connectivity index (χ3n) is 7.18. The molecule has 0 radical (unpaired) electrons. The van der Waals surface area contributed by atoms with Crippen LogP contribution in [0.2, 0.25) is 0 Å². The van der Waals surface area contributed by atoms with Gasteiger partial charge in [-0.25, -0.2) is 9.59 Å². The molecule has 4 unspecified atom stereocenters. The number of aliphatic hydroxyl groups is 7. The van der Waals surface area contributed by atoms with Crippen LogP contribution >= 0.6 is 0 Å². The predicted molar refractivity (Wildman–Crippen MR) is 144 cm³/mol. The van der Waals surface area contributed by atoms with Crippen molar-refractivity contribution in [3.8, 4) is 5.75 Å². The molecule has 0 saturated carbocycles. The fourth-order valence-corrected chi connectivity index (χ4v) is 4.82. The lowest BCUT2D eigenvalue weighted by Crippen LogP contribution is -2.70. The second-order valence-electron chi connectivity index (χ2n) is 10.7. The summed E-state index contributed by atoms with van der Waals surface area (Å²) in [6, 6.07) is 2.87. The van der Waals surface area contributed by atoms with Gasteiger partial charge in [0.25, 0.3) is 11.5 Å². The van der Waals surface area contributed by atoms with Crippen LogP contribution in [0.5, 0.6) is 5.75 Å². The summed E-state index contributed by atoms with van der Waals surface area (Å²) in [7, 11) is 0. The van der Waals surface area contributed by atoms with E-state index in [0.29, 0.717) is 0 Å². The summed E-state index contributed by atoms with van der Waals surface area (Å²) in [5, 5.41) is 96.8. The highest BCUT2D eigenvalue weighted by Gasteiger charge is 2.59. The number of non-ortho nitro benzene ring substituents is 1. The number of esters is 1. The van der Waals surface area contributed by atoms with Crippen molar-refractivity contribution in [3.05, 3.63) is 34.4 Å². The molecule has 2 saturated heterocycles. The lowest BCUT2D eigenvalue weighted by Gasteiger charge is -2.49. The molecule has 0 aliphatic carbocycles. The molecule has 1 aromatic rings. The molecule has 258 valence electrons. The number of rotatable bonds is 13. The van der Waals surface area contributed by atoms with Gasteiger partial charge in [0.2, 0.25) is 12.2 Å². The van der Waals surface area contributed by atoms with Crippen LogP contribution in [0.4, 0.5) is 5.69 Å². The number of carbonyl (C=O) groups is 3. The van der Waals surface area contributed by atoms with Gasteiger partial charge in [0.15, 0.2) is 0 Å². The number of carbonyl (C=O) groups excluding carboxylic acids is 2. The van der Waals surface area contributed by atoms with Gasteiger partial charge in [0, 0.05) is 25.5 Å². The highest BCUT2D eigenvalue weighted by atomic mass is 16.8. The topological polar surface area (TPSA) is 314 Å². The van der Waals surface area contributed by atoms with Crippen molar-refractivity contribution in [3.63, 3.8) is 0 Å². The summed E-state index contributed by atoms with van der Waals surface area (Å²) >= 11 is 0. The van der Waals surface area contributed by atoms with Gasteiger partial charge in [-0.2, -0.15) is 0 Å². The van der Waals surface area contributed by atoms with E-state index in [0.717, 1.165) is 38.1 Å². The van der Waals surface area contributed by atoms with Gasteiger partial charge in [-0.1, -0.05) is 0 Å². The predicted octanol–water partition coefficient (Wildman–Crippen LogP) is -4.12. The first-order chi connectivity index (χ1) is 21.5. The standard InChI is InChI=1S/C26H36N2O18/c1-10(30)23(37)42-9-15(33)18(34)21-17(27-11(2)31)14(32)7-26(45-21,25(38)39)46-22-19(35)16(8-29)44-24(20(22)36)43-13-5-3-12(4-6-13)28(40)41/h3-6,10,14-22,24,29-30,32-36H,7-9H2,1-2H3,(H,27,31)(H,38,39)/t10-,14+,15+,16?,17+,18+,19-,20?,21?,22?,24+,26-/m0/s1. The quantitative estimate of drug-likeness (QED) is 0.0549. The maximum Gasteiger partial charge on any atom is 0.364 e. The van der Waals surface area contributed by atoms with Crippen molar-refractivity contribution in [2.45, 2.75) is 93.3 Å². The zero-order valence-corrected chi connectivity index (χ0v) is 24.4. The largest absolute Gasteiger partial charge is 0.477 e. The molecule has 0 spiro atoms. The Labute approximate surface area is 259 Å². The van der Waals surface area contributed by atoms with Crippen LogP contribution in [-0.2, 0) is 33.3 Å². The molecule has 2 fully saturated rings. The Hall–Kier alpha value is -3.57. The number of hydrogen-bond donors (Lipinski definition) is 9. The van der Waals surface area contributed by atoms with Gasteiger partial charge in [0.1, 0.15) is 61.2 Å². The maximum absolute atomic E-state index is 12.7. The maximum atomic E-state index is 12.7. The summed E-state index contributed by atoms with van der Waals surface area (Å²) in [6.07, 6.45) is -20.0. The molecule has 2 aliphatic rings. The highest BCUT2D eigenvalue weighted by molar-refractivity contribution is 5.76. The second-order valence-corrected chi connectivity index (χ2v) is 10.7. The van der Waals surface area contributed by atoms with Gasteiger partial charge < -0.3 is 69.9 Å². The Bertz CT molecular complexity index is 1230. The van der Waals surface area contributed by atoms with E-state index in [1.807, 2.05) is 0 Å². The van der Waals surface area contributed by atoms with Crippen LogP contribution in [0.1, 0.15) is 20.3 Å². The number of nitro groups is 1. The number of carboxylic acid groups (broad SMARTS) is 1. The minimum absolute atomic E-state index is 0.0784. The first-order valence-electron chi connectivity index (χ1n) is 13.8. The molecule has 1 amide bonds. The van der Waals surface area contributed by atoms with E-state index in [-0.39, 0.29) is 11.4 Å². The molecule has 2 aliphatic heterocycles.